The van der Waals surface area contributed by atoms with Gasteiger partial charge in [-0.3, -0.25) is 9.59 Å². The van der Waals surface area contributed by atoms with Crippen LogP contribution in [0.4, 0.5) is 5.69 Å². The first-order chi connectivity index (χ1) is 10.1. The van der Waals surface area contributed by atoms with Crippen molar-refractivity contribution in [1.82, 2.24) is 5.32 Å². The van der Waals surface area contributed by atoms with Crippen molar-refractivity contribution in [2.45, 2.75) is 44.1 Å². The third kappa shape index (κ3) is 2.64. The van der Waals surface area contributed by atoms with E-state index in [0.29, 0.717) is 23.7 Å². The molecule has 1 aliphatic carbocycles. The Balaban J connectivity index is 1.99. The minimum Gasteiger partial charge on any atom is -0.342 e. The molecule has 1 aromatic carbocycles. The molecule has 2 aliphatic rings. The van der Waals surface area contributed by atoms with Gasteiger partial charge in [-0.15, -0.1) is 0 Å². The van der Waals surface area contributed by atoms with E-state index in [1.54, 1.807) is 11.0 Å². The van der Waals surface area contributed by atoms with E-state index in [9.17, 15) is 9.59 Å². The van der Waals surface area contributed by atoms with Crippen LogP contribution in [-0.4, -0.2) is 23.9 Å². The molecule has 0 aromatic heterocycles. The summed E-state index contributed by atoms with van der Waals surface area (Å²) in [6.45, 7) is 0.385. The van der Waals surface area contributed by atoms with Crippen molar-refractivity contribution in [2.75, 3.05) is 11.4 Å². The Hall–Kier alpha value is -1.55. The topological polar surface area (TPSA) is 49.4 Å². The fourth-order valence-corrected chi connectivity index (χ4v) is 3.59. The fourth-order valence-electron chi connectivity index (χ4n) is 3.35. The number of hydrogen-bond donors (Lipinski definition) is 1. The molecule has 4 nitrogen and oxygen atoms in total. The van der Waals surface area contributed by atoms with E-state index >= 15 is 0 Å². The number of nitrogens with zero attached hydrogens (tertiary/aromatic N) is 1. The molecular weight excluding hydrogens is 288 g/mol. The predicted molar refractivity (Wildman–Crippen MR) is 82.4 cm³/mol. The third-order valence-corrected chi connectivity index (χ3v) is 4.77. The van der Waals surface area contributed by atoms with Gasteiger partial charge in [-0.1, -0.05) is 43.0 Å². The Morgan fingerprint density at radius 3 is 2.52 bits per heavy atom. The maximum atomic E-state index is 13.1. The second-order valence-corrected chi connectivity index (χ2v) is 6.26. The van der Waals surface area contributed by atoms with Crippen molar-refractivity contribution in [3.8, 4) is 0 Å². The monoisotopic (exact) mass is 306 g/mol. The minimum absolute atomic E-state index is 0.0128. The second kappa shape index (κ2) is 5.68. The second-order valence-electron chi connectivity index (χ2n) is 5.85. The lowest BCUT2D eigenvalue weighted by molar-refractivity contribution is -0.131. The summed E-state index contributed by atoms with van der Waals surface area (Å²) >= 11 is 6.24. The van der Waals surface area contributed by atoms with Crippen LogP contribution >= 0.6 is 11.6 Å². The van der Waals surface area contributed by atoms with Crippen LogP contribution in [0, 0.1) is 0 Å². The van der Waals surface area contributed by atoms with E-state index in [2.05, 4.69) is 5.32 Å². The van der Waals surface area contributed by atoms with Gasteiger partial charge in [-0.2, -0.15) is 0 Å². The third-order valence-electron chi connectivity index (χ3n) is 4.45. The number of halogens is 1. The standard InChI is InChI=1S/C16H19ClN2O2/c17-12-6-2-3-7-13(12)19-11-8-14(20)18-16(15(19)21)9-4-1-5-10-16/h2-3,6-7H,1,4-5,8-11H2,(H,18,20). The molecule has 1 aliphatic heterocycles. The molecular formula is C16H19ClN2O2. The molecule has 1 N–H and O–H groups in total. The van der Waals surface area contributed by atoms with Crippen molar-refractivity contribution in [3.05, 3.63) is 29.3 Å². The quantitative estimate of drug-likeness (QED) is 0.867. The summed E-state index contributed by atoms with van der Waals surface area (Å²) in [6.07, 6.45) is 4.83. The van der Waals surface area contributed by atoms with Crippen LogP contribution in [0.3, 0.4) is 0 Å². The molecule has 1 aromatic rings. The SMILES string of the molecule is O=C1CCN(c2ccccc2Cl)C(=O)C2(CCCCC2)N1. The van der Waals surface area contributed by atoms with Gasteiger partial charge in [0.1, 0.15) is 5.54 Å². The van der Waals surface area contributed by atoms with Crippen molar-refractivity contribution in [2.24, 2.45) is 0 Å². The summed E-state index contributed by atoms with van der Waals surface area (Å²) in [4.78, 5) is 26.8. The molecule has 0 atom stereocenters. The molecule has 0 radical (unpaired) electrons. The highest BCUT2D eigenvalue weighted by Crippen LogP contribution is 2.35. The Kier molecular flexibility index (Phi) is 3.89. The van der Waals surface area contributed by atoms with Crippen LogP contribution < -0.4 is 10.2 Å². The van der Waals surface area contributed by atoms with Gasteiger partial charge >= 0.3 is 0 Å². The van der Waals surface area contributed by atoms with Gasteiger partial charge in [0.05, 0.1) is 10.7 Å². The maximum absolute atomic E-state index is 13.1. The smallest absolute Gasteiger partial charge is 0.252 e. The first-order valence-corrected chi connectivity index (χ1v) is 7.88. The number of hydrogen-bond acceptors (Lipinski definition) is 2. The number of carbonyl (C=O) groups is 2. The van der Waals surface area contributed by atoms with Crippen molar-refractivity contribution < 1.29 is 9.59 Å². The highest BCUT2D eigenvalue weighted by atomic mass is 35.5. The van der Waals surface area contributed by atoms with Crippen LogP contribution in [0.1, 0.15) is 38.5 Å². The molecule has 1 saturated heterocycles. The van der Waals surface area contributed by atoms with E-state index < -0.39 is 5.54 Å². The predicted octanol–water partition coefficient (Wildman–Crippen LogP) is 2.90. The number of carbonyl (C=O) groups excluding carboxylic acids is 2. The number of para-hydroxylation sites is 1. The van der Waals surface area contributed by atoms with Gasteiger partial charge in [-0.05, 0) is 25.0 Å². The molecule has 1 saturated carbocycles. The molecule has 21 heavy (non-hydrogen) atoms. The maximum Gasteiger partial charge on any atom is 0.252 e. The Morgan fingerprint density at radius 1 is 1.10 bits per heavy atom. The van der Waals surface area contributed by atoms with Gasteiger partial charge in [0.15, 0.2) is 0 Å². The molecule has 3 rings (SSSR count). The zero-order chi connectivity index (χ0) is 14.9. The van der Waals surface area contributed by atoms with Crippen LogP contribution in [0.2, 0.25) is 5.02 Å². The number of rotatable bonds is 1. The largest absolute Gasteiger partial charge is 0.342 e. The minimum atomic E-state index is -0.731. The lowest BCUT2D eigenvalue weighted by Gasteiger charge is -2.38. The average molecular weight is 307 g/mol. The van der Waals surface area contributed by atoms with E-state index in [0.717, 1.165) is 32.1 Å². The number of benzene rings is 1. The van der Waals surface area contributed by atoms with Crippen LogP contribution in [0.25, 0.3) is 0 Å². The van der Waals surface area contributed by atoms with Crippen LogP contribution in [0.5, 0.6) is 0 Å². The molecule has 2 amide bonds. The zero-order valence-electron chi connectivity index (χ0n) is 11.9. The van der Waals surface area contributed by atoms with Crippen molar-refractivity contribution >= 4 is 29.1 Å². The molecule has 5 heteroatoms. The zero-order valence-corrected chi connectivity index (χ0v) is 12.7. The van der Waals surface area contributed by atoms with Gasteiger partial charge in [0.2, 0.25) is 5.91 Å². The van der Waals surface area contributed by atoms with E-state index in [4.69, 9.17) is 11.6 Å². The summed E-state index contributed by atoms with van der Waals surface area (Å²) in [7, 11) is 0. The number of anilines is 1. The Bertz CT molecular complexity index is 567. The summed E-state index contributed by atoms with van der Waals surface area (Å²) in [6, 6.07) is 7.32. The van der Waals surface area contributed by atoms with Gasteiger partial charge in [0.25, 0.3) is 5.91 Å². The summed E-state index contributed by atoms with van der Waals surface area (Å²) in [5.74, 6) is -0.0547. The van der Waals surface area contributed by atoms with Gasteiger partial charge < -0.3 is 10.2 Å². The van der Waals surface area contributed by atoms with Gasteiger partial charge in [-0.25, -0.2) is 0 Å². The van der Waals surface area contributed by atoms with E-state index in [1.807, 2.05) is 18.2 Å². The number of amides is 2. The van der Waals surface area contributed by atoms with Crippen LogP contribution in [-0.2, 0) is 9.59 Å². The molecule has 1 heterocycles. The summed E-state index contributed by atoms with van der Waals surface area (Å²) in [5.41, 5.74) is -0.0315. The molecule has 0 unspecified atom stereocenters. The lowest BCUT2D eigenvalue weighted by atomic mass is 9.80. The van der Waals surface area contributed by atoms with Gasteiger partial charge in [0, 0.05) is 13.0 Å². The van der Waals surface area contributed by atoms with Crippen molar-refractivity contribution in [3.63, 3.8) is 0 Å². The van der Waals surface area contributed by atoms with E-state index in [1.165, 1.54) is 0 Å². The molecule has 0 bridgehead atoms. The molecule has 112 valence electrons. The molecule has 1 spiro atoms. The Morgan fingerprint density at radius 2 is 1.81 bits per heavy atom. The molecule has 2 fully saturated rings. The van der Waals surface area contributed by atoms with E-state index in [-0.39, 0.29) is 11.8 Å². The first kappa shape index (κ1) is 14.4. The fraction of sp³-hybridized carbons (Fsp3) is 0.500. The summed E-state index contributed by atoms with van der Waals surface area (Å²) in [5, 5.41) is 3.54. The highest BCUT2D eigenvalue weighted by molar-refractivity contribution is 6.34. The highest BCUT2D eigenvalue weighted by Gasteiger charge is 2.45. The van der Waals surface area contributed by atoms with Crippen LogP contribution in [0.15, 0.2) is 24.3 Å². The summed E-state index contributed by atoms with van der Waals surface area (Å²) < 4.78 is 0. The Labute approximate surface area is 129 Å². The first-order valence-electron chi connectivity index (χ1n) is 7.50. The normalized spacial score (nSPS) is 22.0. The van der Waals surface area contributed by atoms with Crippen molar-refractivity contribution in [1.29, 1.82) is 0 Å². The number of nitrogens with one attached hydrogen (secondary N) is 1. The average Bonchev–Trinajstić information content (AvgIpc) is 2.60. The lowest BCUT2D eigenvalue weighted by Crippen LogP contribution is -2.58.